The first-order valence-electron chi connectivity index (χ1n) is 7.33. The molecule has 7 heteroatoms. The molecule has 0 N–H and O–H groups in total. The van der Waals surface area contributed by atoms with Crippen LogP contribution in [0.4, 0.5) is 0 Å². The monoisotopic (exact) mass is 345 g/mol. The van der Waals surface area contributed by atoms with Crippen LogP contribution < -0.4 is 9.47 Å². The summed E-state index contributed by atoms with van der Waals surface area (Å²) in [6.07, 6.45) is 0. The lowest BCUT2D eigenvalue weighted by atomic mass is 10.2. The molecule has 0 unspecified atom stereocenters. The van der Waals surface area contributed by atoms with Gasteiger partial charge >= 0.3 is 0 Å². The van der Waals surface area contributed by atoms with Crippen molar-refractivity contribution in [2.75, 3.05) is 6.79 Å². The Labute approximate surface area is 142 Å². The van der Waals surface area contributed by atoms with Gasteiger partial charge in [-0.3, -0.25) is 0 Å². The highest BCUT2D eigenvalue weighted by atomic mass is 32.2. The first-order valence-corrected chi connectivity index (χ1v) is 9.20. The molecule has 4 rings (SSSR count). The van der Waals surface area contributed by atoms with E-state index in [4.69, 9.17) is 9.47 Å². The van der Waals surface area contributed by atoms with Crippen LogP contribution in [0.15, 0.2) is 40.9 Å². The van der Waals surface area contributed by atoms with Crippen LogP contribution in [0.25, 0.3) is 10.7 Å². The van der Waals surface area contributed by atoms with Crippen molar-refractivity contribution >= 4 is 23.1 Å². The molecular weight excluding hydrogens is 330 g/mol. The van der Waals surface area contributed by atoms with Crippen molar-refractivity contribution in [3.8, 4) is 22.2 Å². The Morgan fingerprint density at radius 3 is 2.96 bits per heavy atom. The number of hydrogen-bond donors (Lipinski definition) is 0. The minimum Gasteiger partial charge on any atom is -0.454 e. The van der Waals surface area contributed by atoms with Crippen molar-refractivity contribution in [1.82, 2.24) is 14.8 Å². The maximum atomic E-state index is 5.43. The van der Waals surface area contributed by atoms with Gasteiger partial charge in [-0.2, -0.15) is 0 Å². The molecule has 0 amide bonds. The molecule has 1 aliphatic rings. The Bertz CT molecular complexity index is 815. The minimum atomic E-state index is 0.306. The number of thiophene rings is 1. The molecule has 0 bridgehead atoms. The summed E-state index contributed by atoms with van der Waals surface area (Å²) in [5.74, 6) is 3.39. The number of ether oxygens (including phenoxy) is 2. The summed E-state index contributed by atoms with van der Waals surface area (Å²) in [5, 5.41) is 11.7. The topological polar surface area (TPSA) is 49.2 Å². The van der Waals surface area contributed by atoms with Gasteiger partial charge in [-0.05, 0) is 36.1 Å². The van der Waals surface area contributed by atoms with Crippen molar-refractivity contribution in [2.24, 2.45) is 0 Å². The molecule has 0 saturated heterocycles. The summed E-state index contributed by atoms with van der Waals surface area (Å²) in [4.78, 5) is 1.15. The van der Waals surface area contributed by atoms with Gasteiger partial charge in [-0.15, -0.1) is 21.5 Å². The van der Waals surface area contributed by atoms with Gasteiger partial charge in [0.25, 0.3) is 0 Å². The van der Waals surface area contributed by atoms with Crippen LogP contribution in [0.5, 0.6) is 11.5 Å². The second-order valence-corrected chi connectivity index (χ2v) is 6.89. The smallest absolute Gasteiger partial charge is 0.231 e. The SMILES string of the molecule is CCn1c(SCc2ccc3c(c2)OCO3)nnc1-c1cccs1. The van der Waals surface area contributed by atoms with Crippen LogP contribution in [-0.4, -0.2) is 21.6 Å². The predicted molar refractivity (Wildman–Crippen MR) is 91.1 cm³/mol. The molecule has 0 fully saturated rings. The molecule has 1 aliphatic heterocycles. The largest absolute Gasteiger partial charge is 0.454 e. The van der Waals surface area contributed by atoms with Crippen molar-refractivity contribution in [3.63, 3.8) is 0 Å². The third kappa shape index (κ3) is 2.82. The van der Waals surface area contributed by atoms with Gasteiger partial charge in [-0.25, -0.2) is 0 Å². The quantitative estimate of drug-likeness (QED) is 0.653. The van der Waals surface area contributed by atoms with E-state index in [2.05, 4.69) is 39.2 Å². The Balaban J connectivity index is 1.53. The molecule has 0 aliphatic carbocycles. The predicted octanol–water partition coefficient (Wildman–Crippen LogP) is 4.05. The first-order chi connectivity index (χ1) is 11.3. The fourth-order valence-corrected chi connectivity index (χ4v) is 4.11. The molecule has 0 saturated carbocycles. The average molecular weight is 345 g/mol. The highest BCUT2D eigenvalue weighted by Gasteiger charge is 2.16. The van der Waals surface area contributed by atoms with Gasteiger partial charge in [0.15, 0.2) is 22.5 Å². The van der Waals surface area contributed by atoms with Crippen LogP contribution in [0.3, 0.4) is 0 Å². The summed E-state index contributed by atoms with van der Waals surface area (Å²) in [6.45, 7) is 3.27. The van der Waals surface area contributed by atoms with Crippen molar-refractivity contribution in [3.05, 3.63) is 41.3 Å². The minimum absolute atomic E-state index is 0.306. The molecule has 118 valence electrons. The highest BCUT2D eigenvalue weighted by molar-refractivity contribution is 7.98. The van der Waals surface area contributed by atoms with E-state index in [1.807, 2.05) is 18.2 Å². The van der Waals surface area contributed by atoms with Crippen LogP contribution in [0, 0.1) is 0 Å². The second kappa shape index (κ2) is 6.25. The number of benzene rings is 1. The molecule has 5 nitrogen and oxygen atoms in total. The van der Waals surface area contributed by atoms with E-state index in [1.165, 1.54) is 5.56 Å². The molecule has 1 aromatic carbocycles. The number of hydrogen-bond acceptors (Lipinski definition) is 6. The van der Waals surface area contributed by atoms with Crippen LogP contribution in [-0.2, 0) is 12.3 Å². The lowest BCUT2D eigenvalue weighted by molar-refractivity contribution is 0.174. The number of nitrogens with zero attached hydrogens (tertiary/aromatic N) is 3. The Morgan fingerprint density at radius 2 is 2.13 bits per heavy atom. The summed E-state index contributed by atoms with van der Waals surface area (Å²) in [5.41, 5.74) is 1.18. The Kier molecular flexibility index (Phi) is 3.97. The average Bonchev–Trinajstić information content (AvgIpc) is 3.30. The highest BCUT2D eigenvalue weighted by Crippen LogP contribution is 2.34. The van der Waals surface area contributed by atoms with E-state index in [-0.39, 0.29) is 0 Å². The van der Waals surface area contributed by atoms with Gasteiger partial charge in [0.05, 0.1) is 4.88 Å². The zero-order valence-electron chi connectivity index (χ0n) is 12.6. The van der Waals surface area contributed by atoms with E-state index in [0.717, 1.165) is 39.7 Å². The summed E-state index contributed by atoms with van der Waals surface area (Å²) in [6, 6.07) is 10.2. The van der Waals surface area contributed by atoms with Crippen LogP contribution in [0.2, 0.25) is 0 Å². The molecule has 3 aromatic rings. The van der Waals surface area contributed by atoms with Gasteiger partial charge in [-0.1, -0.05) is 23.9 Å². The fourth-order valence-electron chi connectivity index (χ4n) is 2.45. The summed E-state index contributed by atoms with van der Waals surface area (Å²) in [7, 11) is 0. The van der Waals surface area contributed by atoms with Crippen molar-refractivity contribution in [1.29, 1.82) is 0 Å². The zero-order valence-corrected chi connectivity index (χ0v) is 14.2. The van der Waals surface area contributed by atoms with E-state index in [1.54, 1.807) is 23.1 Å². The molecule has 2 aromatic heterocycles. The second-order valence-electron chi connectivity index (χ2n) is 5.00. The first kappa shape index (κ1) is 14.6. The summed E-state index contributed by atoms with van der Waals surface area (Å²) < 4.78 is 12.9. The molecule has 0 radical (unpaired) electrons. The number of thioether (sulfide) groups is 1. The van der Waals surface area contributed by atoms with E-state index < -0.39 is 0 Å². The van der Waals surface area contributed by atoms with Crippen molar-refractivity contribution < 1.29 is 9.47 Å². The van der Waals surface area contributed by atoms with Crippen LogP contribution >= 0.6 is 23.1 Å². The molecular formula is C16H15N3O2S2. The van der Waals surface area contributed by atoms with Gasteiger partial charge in [0.2, 0.25) is 6.79 Å². The van der Waals surface area contributed by atoms with Gasteiger partial charge in [0.1, 0.15) is 0 Å². The lowest BCUT2D eigenvalue weighted by Gasteiger charge is -2.06. The fraction of sp³-hybridized carbons (Fsp3) is 0.250. The number of rotatable bonds is 5. The zero-order chi connectivity index (χ0) is 15.6. The van der Waals surface area contributed by atoms with Gasteiger partial charge in [0, 0.05) is 12.3 Å². The van der Waals surface area contributed by atoms with E-state index in [0.29, 0.717) is 6.79 Å². The molecule has 23 heavy (non-hydrogen) atoms. The number of aromatic nitrogens is 3. The number of fused-ring (bicyclic) bond motifs is 1. The lowest BCUT2D eigenvalue weighted by Crippen LogP contribution is -1.99. The normalized spacial score (nSPS) is 12.7. The molecule has 3 heterocycles. The maximum Gasteiger partial charge on any atom is 0.231 e. The molecule has 0 spiro atoms. The Hall–Kier alpha value is -1.99. The maximum absolute atomic E-state index is 5.43. The third-order valence-corrected chi connectivity index (χ3v) is 5.48. The Morgan fingerprint density at radius 1 is 1.22 bits per heavy atom. The van der Waals surface area contributed by atoms with Crippen molar-refractivity contribution in [2.45, 2.75) is 24.4 Å². The van der Waals surface area contributed by atoms with E-state index >= 15 is 0 Å². The van der Waals surface area contributed by atoms with Gasteiger partial charge < -0.3 is 14.0 Å². The molecule has 0 atom stereocenters. The summed E-state index contributed by atoms with van der Waals surface area (Å²) >= 11 is 3.37. The standard InChI is InChI=1S/C16H15N3O2S2/c1-2-19-15(14-4-3-7-22-14)17-18-16(19)23-9-11-5-6-12-13(8-11)21-10-20-12/h3-8H,2,9-10H2,1H3. The van der Waals surface area contributed by atoms with Crippen LogP contribution in [0.1, 0.15) is 12.5 Å². The van der Waals surface area contributed by atoms with E-state index in [9.17, 15) is 0 Å². The third-order valence-electron chi connectivity index (χ3n) is 3.58.